The minimum atomic E-state index is -4.49. The fourth-order valence-corrected chi connectivity index (χ4v) is 2.60. The molecule has 0 aromatic heterocycles. The number of hydrogen-bond acceptors (Lipinski definition) is 5. The van der Waals surface area contributed by atoms with Crippen LogP contribution in [0.5, 0.6) is 5.75 Å². The van der Waals surface area contributed by atoms with E-state index in [0.29, 0.717) is 27.8 Å². The quantitative estimate of drug-likeness (QED) is 0.515. The molecule has 0 aliphatic rings. The summed E-state index contributed by atoms with van der Waals surface area (Å²) in [5, 5.41) is 10.5. The Morgan fingerprint density at radius 1 is 1.26 bits per heavy atom. The molecule has 0 aliphatic carbocycles. The van der Waals surface area contributed by atoms with Crippen molar-refractivity contribution in [3.63, 3.8) is 0 Å². The summed E-state index contributed by atoms with van der Waals surface area (Å²) in [5.74, 6) is -0.236. The molecule has 0 heterocycles. The predicted octanol–water partition coefficient (Wildman–Crippen LogP) is 4.97. The summed E-state index contributed by atoms with van der Waals surface area (Å²) in [7, 11) is 2.74. The smallest absolute Gasteiger partial charge is 0.419 e. The average Bonchev–Trinajstić information content (AvgIpc) is 2.59. The highest BCUT2D eigenvalue weighted by Gasteiger charge is 2.34. The number of halogens is 4. The van der Waals surface area contributed by atoms with Crippen molar-refractivity contribution in [2.24, 2.45) is 0 Å². The van der Waals surface area contributed by atoms with Gasteiger partial charge in [-0.25, -0.2) is 0 Å². The third kappa shape index (κ3) is 6.76. The highest BCUT2D eigenvalue weighted by atomic mass is 79.9. The van der Waals surface area contributed by atoms with Gasteiger partial charge >= 0.3 is 6.18 Å². The van der Waals surface area contributed by atoms with E-state index in [1.54, 1.807) is 25.1 Å². The van der Waals surface area contributed by atoms with Crippen molar-refractivity contribution in [3.05, 3.63) is 57.6 Å². The molecule has 2 aromatic rings. The fraction of sp³-hybridized carbons (Fsp3) is 0.278. The number of anilines is 1. The van der Waals surface area contributed by atoms with Crippen LogP contribution in [0.4, 0.5) is 18.9 Å². The van der Waals surface area contributed by atoms with Crippen LogP contribution in [-0.4, -0.2) is 25.8 Å². The number of hydrogen-bond donors (Lipinski definition) is 1. The molecule has 1 N–H and O–H groups in total. The number of methoxy groups -OCH3 is 1. The lowest BCUT2D eigenvalue weighted by atomic mass is 10.1. The monoisotopic (exact) mass is 449 g/mol. The molecular formula is C18H19BrF3NO4. The summed E-state index contributed by atoms with van der Waals surface area (Å²) in [5.41, 5.74) is 0.835. The molecule has 0 saturated carbocycles. The third-order valence-electron chi connectivity index (χ3n) is 3.35. The number of benzene rings is 2. The van der Waals surface area contributed by atoms with Gasteiger partial charge in [0.05, 0.1) is 18.4 Å². The van der Waals surface area contributed by atoms with E-state index in [1.165, 1.54) is 26.3 Å². The van der Waals surface area contributed by atoms with Gasteiger partial charge in [0, 0.05) is 17.1 Å². The SMILES string of the molecule is COC=O.Cc1ccc(C(F)(F)F)c(OCc2c(Br)cccc2N(C)O)c1. The van der Waals surface area contributed by atoms with Crippen molar-refractivity contribution in [1.29, 1.82) is 0 Å². The van der Waals surface area contributed by atoms with E-state index in [2.05, 4.69) is 20.7 Å². The molecule has 9 heteroatoms. The van der Waals surface area contributed by atoms with E-state index < -0.39 is 11.7 Å². The summed E-state index contributed by atoms with van der Waals surface area (Å²) in [6.07, 6.45) is -4.49. The number of rotatable bonds is 5. The summed E-state index contributed by atoms with van der Waals surface area (Å²) in [6.45, 7) is 1.95. The molecule has 2 aromatic carbocycles. The van der Waals surface area contributed by atoms with Crippen LogP contribution in [0.15, 0.2) is 40.9 Å². The number of carbonyl (C=O) groups is 1. The van der Waals surface area contributed by atoms with E-state index >= 15 is 0 Å². The lowest BCUT2D eigenvalue weighted by Crippen LogP contribution is -2.14. The van der Waals surface area contributed by atoms with Crippen LogP contribution in [0.2, 0.25) is 0 Å². The predicted molar refractivity (Wildman–Crippen MR) is 97.9 cm³/mol. The molecule has 0 amide bonds. The number of hydroxylamine groups is 1. The molecule has 148 valence electrons. The molecule has 5 nitrogen and oxygen atoms in total. The molecule has 0 bridgehead atoms. The van der Waals surface area contributed by atoms with Crippen molar-refractivity contribution >= 4 is 28.1 Å². The Kier molecular flexibility index (Phi) is 8.58. The maximum absolute atomic E-state index is 13.1. The van der Waals surface area contributed by atoms with E-state index in [9.17, 15) is 18.4 Å². The maximum Gasteiger partial charge on any atom is 0.419 e. The van der Waals surface area contributed by atoms with E-state index in [4.69, 9.17) is 9.53 Å². The molecular weight excluding hydrogens is 431 g/mol. The number of carbonyl (C=O) groups excluding carboxylic acids is 1. The van der Waals surface area contributed by atoms with Gasteiger partial charge in [-0.15, -0.1) is 0 Å². The molecule has 0 aliphatic heterocycles. The second kappa shape index (κ2) is 10.2. The Labute approximate surface area is 163 Å². The first-order valence-electron chi connectivity index (χ1n) is 7.58. The maximum atomic E-state index is 13.1. The van der Waals surface area contributed by atoms with Gasteiger partial charge in [-0.2, -0.15) is 13.2 Å². The number of nitrogens with zero attached hydrogens (tertiary/aromatic N) is 1. The standard InChI is InChI=1S/C16H15BrF3NO2.C2H4O2/c1-10-6-7-12(16(18,19)20)15(8-10)23-9-11-13(17)4-3-5-14(11)21(2)22;1-4-2-3/h3-8,22H,9H2,1-2H3;2H,1H3. The number of ether oxygens (including phenoxy) is 2. The topological polar surface area (TPSA) is 59.0 Å². The molecule has 0 spiro atoms. The van der Waals surface area contributed by atoms with Gasteiger partial charge in [0.25, 0.3) is 6.47 Å². The molecule has 0 radical (unpaired) electrons. The normalized spacial score (nSPS) is 10.5. The minimum absolute atomic E-state index is 0.117. The van der Waals surface area contributed by atoms with Crippen LogP contribution in [-0.2, 0) is 22.3 Å². The second-order valence-electron chi connectivity index (χ2n) is 5.38. The van der Waals surface area contributed by atoms with Crippen LogP contribution in [0.25, 0.3) is 0 Å². The summed E-state index contributed by atoms with van der Waals surface area (Å²) >= 11 is 3.32. The van der Waals surface area contributed by atoms with Crippen LogP contribution >= 0.6 is 15.9 Å². The Balaban J connectivity index is 0.000000828. The number of aryl methyl sites for hydroxylation is 1. The van der Waals surface area contributed by atoms with E-state index in [0.717, 1.165) is 11.1 Å². The Bertz CT molecular complexity index is 767. The average molecular weight is 450 g/mol. The lowest BCUT2D eigenvalue weighted by Gasteiger charge is -2.19. The molecule has 2 rings (SSSR count). The molecule has 27 heavy (non-hydrogen) atoms. The van der Waals surface area contributed by atoms with Gasteiger partial charge in [0.2, 0.25) is 0 Å². The zero-order valence-electron chi connectivity index (χ0n) is 14.9. The van der Waals surface area contributed by atoms with Gasteiger partial charge in [-0.1, -0.05) is 28.1 Å². The Morgan fingerprint density at radius 3 is 2.41 bits per heavy atom. The highest BCUT2D eigenvalue weighted by Crippen LogP contribution is 2.37. The largest absolute Gasteiger partial charge is 0.488 e. The van der Waals surface area contributed by atoms with Crippen molar-refractivity contribution in [2.45, 2.75) is 19.7 Å². The van der Waals surface area contributed by atoms with E-state index in [-0.39, 0.29) is 12.4 Å². The minimum Gasteiger partial charge on any atom is -0.488 e. The Hall–Kier alpha value is -2.26. The van der Waals surface area contributed by atoms with Crippen LogP contribution in [0.3, 0.4) is 0 Å². The van der Waals surface area contributed by atoms with Crippen molar-refractivity contribution in [3.8, 4) is 5.75 Å². The fourth-order valence-electron chi connectivity index (χ4n) is 2.13. The van der Waals surface area contributed by atoms with Gasteiger partial charge in [0.15, 0.2) is 0 Å². The zero-order valence-corrected chi connectivity index (χ0v) is 16.5. The van der Waals surface area contributed by atoms with Gasteiger partial charge < -0.3 is 9.47 Å². The summed E-state index contributed by atoms with van der Waals surface area (Å²) in [4.78, 5) is 8.95. The molecule has 0 atom stereocenters. The number of alkyl halides is 3. The molecule has 0 fully saturated rings. The first-order valence-corrected chi connectivity index (χ1v) is 8.38. The highest BCUT2D eigenvalue weighted by molar-refractivity contribution is 9.10. The van der Waals surface area contributed by atoms with Crippen LogP contribution in [0, 0.1) is 6.92 Å². The first kappa shape index (κ1) is 22.8. The molecule has 0 saturated heterocycles. The summed E-state index contributed by atoms with van der Waals surface area (Å²) < 4.78 is 49.1. The van der Waals surface area contributed by atoms with E-state index in [1.807, 2.05) is 0 Å². The first-order chi connectivity index (χ1) is 12.6. The van der Waals surface area contributed by atoms with Crippen LogP contribution in [0.1, 0.15) is 16.7 Å². The van der Waals surface area contributed by atoms with Crippen molar-refractivity contribution in [1.82, 2.24) is 0 Å². The van der Waals surface area contributed by atoms with Gasteiger partial charge in [-0.05, 0) is 36.8 Å². The van der Waals surface area contributed by atoms with Gasteiger partial charge in [0.1, 0.15) is 12.4 Å². The van der Waals surface area contributed by atoms with Crippen LogP contribution < -0.4 is 9.80 Å². The summed E-state index contributed by atoms with van der Waals surface area (Å²) in [6, 6.07) is 8.83. The van der Waals surface area contributed by atoms with Crippen molar-refractivity contribution < 1.29 is 32.6 Å². The van der Waals surface area contributed by atoms with Crippen molar-refractivity contribution in [2.75, 3.05) is 19.2 Å². The Morgan fingerprint density at radius 2 is 1.89 bits per heavy atom. The van der Waals surface area contributed by atoms with Gasteiger partial charge in [-0.3, -0.25) is 15.1 Å². The zero-order chi connectivity index (χ0) is 20.6. The third-order valence-corrected chi connectivity index (χ3v) is 4.10. The molecule has 0 unspecified atom stereocenters. The lowest BCUT2D eigenvalue weighted by molar-refractivity contribution is -0.139. The second-order valence-corrected chi connectivity index (χ2v) is 6.23.